The maximum absolute atomic E-state index is 12.9. The van der Waals surface area contributed by atoms with Crippen molar-refractivity contribution in [3.8, 4) is 0 Å². The molecular formula is C17H22N2O3S. The molecule has 0 bridgehead atoms. The molecule has 2 aromatic rings. The van der Waals surface area contributed by atoms with Gasteiger partial charge in [-0.3, -0.25) is 9.36 Å². The van der Waals surface area contributed by atoms with Crippen LogP contribution in [0.15, 0.2) is 11.1 Å². The van der Waals surface area contributed by atoms with E-state index in [2.05, 4.69) is 4.98 Å². The summed E-state index contributed by atoms with van der Waals surface area (Å²) in [6.45, 7) is 4.14. The van der Waals surface area contributed by atoms with Gasteiger partial charge in [0.1, 0.15) is 10.9 Å². The Balaban J connectivity index is 1.94. The van der Waals surface area contributed by atoms with Gasteiger partial charge in [0.15, 0.2) is 0 Å². The van der Waals surface area contributed by atoms with Gasteiger partial charge in [0.05, 0.1) is 18.3 Å². The lowest BCUT2D eigenvalue weighted by atomic mass is 9.97. The summed E-state index contributed by atoms with van der Waals surface area (Å²) in [6.07, 6.45) is 7.54. The van der Waals surface area contributed by atoms with E-state index in [1.54, 1.807) is 18.3 Å². The highest BCUT2D eigenvalue weighted by Gasteiger charge is 2.23. The summed E-state index contributed by atoms with van der Waals surface area (Å²) in [6, 6.07) is -0.643. The predicted molar refractivity (Wildman–Crippen MR) is 91.1 cm³/mol. The van der Waals surface area contributed by atoms with E-state index in [4.69, 9.17) is 4.74 Å². The molecule has 3 rings (SSSR count). The number of aromatic nitrogens is 2. The number of hydrogen-bond donors (Lipinski definition) is 0. The largest absolute Gasteiger partial charge is 0.464 e. The molecule has 124 valence electrons. The summed E-state index contributed by atoms with van der Waals surface area (Å²) in [5.74, 6) is -0.370. The van der Waals surface area contributed by atoms with Gasteiger partial charge in [-0.2, -0.15) is 0 Å². The Labute approximate surface area is 139 Å². The monoisotopic (exact) mass is 334 g/mol. The van der Waals surface area contributed by atoms with Crippen LogP contribution in [0.5, 0.6) is 0 Å². The third kappa shape index (κ3) is 3.04. The number of thiophene rings is 1. The number of nitrogens with zero attached hydrogens (tertiary/aromatic N) is 2. The minimum Gasteiger partial charge on any atom is -0.464 e. The maximum Gasteiger partial charge on any atom is 0.328 e. The van der Waals surface area contributed by atoms with Crippen molar-refractivity contribution in [2.75, 3.05) is 6.61 Å². The molecule has 0 radical (unpaired) electrons. The van der Waals surface area contributed by atoms with Crippen molar-refractivity contribution < 1.29 is 9.53 Å². The van der Waals surface area contributed by atoms with Gasteiger partial charge in [-0.05, 0) is 44.6 Å². The lowest BCUT2D eigenvalue weighted by Gasteiger charge is -2.14. The van der Waals surface area contributed by atoms with E-state index in [9.17, 15) is 9.59 Å². The lowest BCUT2D eigenvalue weighted by Crippen LogP contribution is -2.30. The first-order valence-corrected chi connectivity index (χ1v) is 9.13. The normalized spacial score (nSPS) is 15.4. The van der Waals surface area contributed by atoms with Gasteiger partial charge < -0.3 is 4.74 Å². The van der Waals surface area contributed by atoms with E-state index in [0.717, 1.165) is 42.5 Å². The average Bonchev–Trinajstić information content (AvgIpc) is 2.94. The van der Waals surface area contributed by atoms with Crippen molar-refractivity contribution in [1.82, 2.24) is 9.55 Å². The molecule has 0 saturated carbocycles. The number of carbonyl (C=O) groups is 1. The molecule has 23 heavy (non-hydrogen) atoms. The Morgan fingerprint density at radius 2 is 2.22 bits per heavy atom. The molecule has 0 saturated heterocycles. The molecule has 2 aromatic heterocycles. The van der Waals surface area contributed by atoms with E-state index in [-0.39, 0.29) is 11.5 Å². The Hall–Kier alpha value is -1.69. The molecule has 5 nitrogen and oxygen atoms in total. The second-order valence-electron chi connectivity index (χ2n) is 6.05. The fourth-order valence-electron chi connectivity index (χ4n) is 2.99. The molecule has 0 N–H and O–H groups in total. The van der Waals surface area contributed by atoms with E-state index in [1.807, 2.05) is 6.92 Å². The molecule has 0 spiro atoms. The Morgan fingerprint density at radius 3 is 3.00 bits per heavy atom. The SMILES string of the molecule is CCCCOC(=O)[C@@H](C)n1cnc2sc3c(c2c1=O)CCCC3. The molecule has 0 aliphatic heterocycles. The molecule has 0 aromatic carbocycles. The first kappa shape index (κ1) is 16.2. The van der Waals surface area contributed by atoms with E-state index >= 15 is 0 Å². The van der Waals surface area contributed by atoms with Crippen molar-refractivity contribution in [3.05, 3.63) is 27.1 Å². The molecule has 1 aliphatic rings. The van der Waals surface area contributed by atoms with Crippen LogP contribution in [0.2, 0.25) is 0 Å². The highest BCUT2D eigenvalue weighted by atomic mass is 32.1. The zero-order valence-electron chi connectivity index (χ0n) is 13.6. The van der Waals surface area contributed by atoms with Crippen LogP contribution in [0.4, 0.5) is 0 Å². The highest BCUT2D eigenvalue weighted by molar-refractivity contribution is 7.18. The van der Waals surface area contributed by atoms with E-state index in [1.165, 1.54) is 22.2 Å². The summed E-state index contributed by atoms with van der Waals surface area (Å²) >= 11 is 1.62. The van der Waals surface area contributed by atoms with Gasteiger partial charge in [0.2, 0.25) is 0 Å². The van der Waals surface area contributed by atoms with Gasteiger partial charge in [0.25, 0.3) is 5.56 Å². The van der Waals surface area contributed by atoms with Crippen LogP contribution in [0, 0.1) is 0 Å². The number of aryl methyl sites for hydroxylation is 2. The first-order valence-electron chi connectivity index (χ1n) is 8.31. The number of fused-ring (bicyclic) bond motifs is 3. The molecule has 0 unspecified atom stereocenters. The number of rotatable bonds is 5. The van der Waals surface area contributed by atoms with Gasteiger partial charge in [0, 0.05) is 4.88 Å². The van der Waals surface area contributed by atoms with E-state index in [0.29, 0.717) is 12.0 Å². The third-order valence-corrected chi connectivity index (χ3v) is 5.60. The molecule has 1 aliphatic carbocycles. The fraction of sp³-hybridized carbons (Fsp3) is 0.588. The summed E-state index contributed by atoms with van der Waals surface area (Å²) in [5.41, 5.74) is 1.03. The van der Waals surface area contributed by atoms with Gasteiger partial charge in [-0.1, -0.05) is 13.3 Å². The zero-order valence-corrected chi connectivity index (χ0v) is 14.4. The van der Waals surface area contributed by atoms with E-state index < -0.39 is 6.04 Å². The predicted octanol–water partition coefficient (Wildman–Crippen LogP) is 3.24. The molecule has 1 atom stereocenters. The summed E-state index contributed by atoms with van der Waals surface area (Å²) < 4.78 is 6.65. The Kier molecular flexibility index (Phi) is 4.80. The zero-order chi connectivity index (χ0) is 16.4. The first-order chi connectivity index (χ1) is 11.1. The second kappa shape index (κ2) is 6.83. The van der Waals surface area contributed by atoms with Crippen molar-refractivity contribution in [2.45, 2.75) is 58.4 Å². The van der Waals surface area contributed by atoms with Crippen LogP contribution >= 0.6 is 11.3 Å². The fourth-order valence-corrected chi connectivity index (χ4v) is 4.21. The topological polar surface area (TPSA) is 61.2 Å². The number of esters is 1. The number of ether oxygens (including phenoxy) is 1. The summed E-state index contributed by atoms with van der Waals surface area (Å²) in [5, 5.41) is 0.709. The van der Waals surface area contributed by atoms with Crippen LogP contribution in [-0.4, -0.2) is 22.1 Å². The molecular weight excluding hydrogens is 312 g/mol. The van der Waals surface area contributed by atoms with Crippen molar-refractivity contribution in [2.24, 2.45) is 0 Å². The highest BCUT2D eigenvalue weighted by Crippen LogP contribution is 2.33. The quantitative estimate of drug-likeness (QED) is 0.622. The second-order valence-corrected chi connectivity index (χ2v) is 7.13. The van der Waals surface area contributed by atoms with Crippen LogP contribution in [-0.2, 0) is 22.4 Å². The minimum atomic E-state index is -0.643. The lowest BCUT2D eigenvalue weighted by molar-refractivity contribution is -0.147. The van der Waals surface area contributed by atoms with Crippen LogP contribution in [0.1, 0.15) is 56.0 Å². The maximum atomic E-state index is 12.9. The van der Waals surface area contributed by atoms with Gasteiger partial charge in [-0.25, -0.2) is 9.78 Å². The molecule has 6 heteroatoms. The van der Waals surface area contributed by atoms with Crippen LogP contribution in [0.3, 0.4) is 0 Å². The van der Waals surface area contributed by atoms with Crippen molar-refractivity contribution >= 4 is 27.5 Å². The number of hydrogen-bond acceptors (Lipinski definition) is 5. The van der Waals surface area contributed by atoms with Crippen LogP contribution < -0.4 is 5.56 Å². The minimum absolute atomic E-state index is 0.116. The Bertz CT molecular complexity index is 778. The van der Waals surface area contributed by atoms with Crippen molar-refractivity contribution in [3.63, 3.8) is 0 Å². The summed E-state index contributed by atoms with van der Waals surface area (Å²) in [4.78, 5) is 31.5. The van der Waals surface area contributed by atoms with Crippen LogP contribution in [0.25, 0.3) is 10.2 Å². The third-order valence-electron chi connectivity index (χ3n) is 4.40. The van der Waals surface area contributed by atoms with Crippen molar-refractivity contribution in [1.29, 1.82) is 0 Å². The molecule has 2 heterocycles. The Morgan fingerprint density at radius 1 is 1.43 bits per heavy atom. The molecule has 0 fully saturated rings. The molecule has 0 amide bonds. The standard InChI is InChI=1S/C17H22N2O3S/c1-3-4-9-22-17(21)11(2)19-10-18-15-14(16(19)20)12-7-5-6-8-13(12)23-15/h10-11H,3-9H2,1-2H3/t11-/m1/s1. The smallest absolute Gasteiger partial charge is 0.328 e. The summed E-state index contributed by atoms with van der Waals surface area (Å²) in [7, 11) is 0. The average molecular weight is 334 g/mol. The van der Waals surface area contributed by atoms with Gasteiger partial charge in [-0.15, -0.1) is 11.3 Å². The van der Waals surface area contributed by atoms with Gasteiger partial charge >= 0.3 is 5.97 Å². The number of unbranched alkanes of at least 4 members (excludes halogenated alkanes) is 1. The number of carbonyl (C=O) groups excluding carboxylic acids is 1.